The zero-order valence-electron chi connectivity index (χ0n) is 11.0. The summed E-state index contributed by atoms with van der Waals surface area (Å²) in [5.41, 5.74) is 0.0101. The summed E-state index contributed by atoms with van der Waals surface area (Å²) in [5.74, 6) is -1.20. The Morgan fingerprint density at radius 3 is 2.81 bits per heavy atom. The van der Waals surface area contributed by atoms with E-state index in [1.54, 1.807) is 12.3 Å². The second-order valence-electron chi connectivity index (χ2n) is 4.12. The van der Waals surface area contributed by atoms with E-state index < -0.39 is 12.0 Å². The van der Waals surface area contributed by atoms with E-state index in [9.17, 15) is 9.59 Å². The Kier molecular flexibility index (Phi) is 4.77. The number of anilines is 1. The van der Waals surface area contributed by atoms with Crippen LogP contribution in [-0.2, 0) is 6.54 Å². The second-order valence-corrected chi connectivity index (χ2v) is 5.85. The van der Waals surface area contributed by atoms with Crippen molar-refractivity contribution < 1.29 is 14.7 Å². The molecule has 0 bridgehead atoms. The molecule has 21 heavy (non-hydrogen) atoms. The van der Waals surface area contributed by atoms with Crippen LogP contribution in [0.2, 0.25) is 5.02 Å². The van der Waals surface area contributed by atoms with Crippen LogP contribution in [0, 0.1) is 6.92 Å². The molecular weight excluding hydrogens is 314 g/mol. The number of aromatic carboxylic acids is 1. The van der Waals surface area contributed by atoms with Crippen molar-refractivity contribution >= 4 is 40.6 Å². The number of benzene rings is 1. The van der Waals surface area contributed by atoms with Crippen molar-refractivity contribution in [2.75, 3.05) is 5.32 Å². The van der Waals surface area contributed by atoms with Crippen molar-refractivity contribution in [2.45, 2.75) is 13.5 Å². The van der Waals surface area contributed by atoms with E-state index in [1.807, 2.05) is 6.92 Å². The number of carboxylic acid groups (broad SMARTS) is 1. The summed E-state index contributed by atoms with van der Waals surface area (Å²) in [6.45, 7) is 2.19. The lowest BCUT2D eigenvalue weighted by Crippen LogP contribution is -2.28. The molecule has 0 unspecified atom stereocenters. The van der Waals surface area contributed by atoms with Gasteiger partial charge >= 0.3 is 12.0 Å². The number of hydrogen-bond acceptors (Lipinski definition) is 4. The Morgan fingerprint density at radius 1 is 1.43 bits per heavy atom. The second kappa shape index (κ2) is 6.55. The molecule has 0 saturated carbocycles. The molecular formula is C13H12ClN3O3S. The van der Waals surface area contributed by atoms with Crippen LogP contribution in [0.3, 0.4) is 0 Å². The van der Waals surface area contributed by atoms with Gasteiger partial charge in [0.25, 0.3) is 0 Å². The average molecular weight is 326 g/mol. The van der Waals surface area contributed by atoms with Crippen LogP contribution in [-0.4, -0.2) is 22.1 Å². The van der Waals surface area contributed by atoms with Gasteiger partial charge in [-0.25, -0.2) is 14.6 Å². The van der Waals surface area contributed by atoms with E-state index in [0.29, 0.717) is 6.54 Å². The Bertz CT molecular complexity index is 687. The minimum Gasteiger partial charge on any atom is -0.478 e. The van der Waals surface area contributed by atoms with Crippen LogP contribution in [0.1, 0.15) is 20.2 Å². The Labute approximate surface area is 129 Å². The lowest BCUT2D eigenvalue weighted by molar-refractivity contribution is 0.0698. The standard InChI is InChI=1S/C13H12ClN3O3S/c1-7-15-5-8(21-7)6-16-13(20)17-10-4-2-3-9(14)11(10)12(18)19/h2-5H,6H2,1H3,(H,18,19)(H2,16,17,20). The molecule has 0 saturated heterocycles. The van der Waals surface area contributed by atoms with Crippen molar-refractivity contribution in [2.24, 2.45) is 0 Å². The molecule has 2 aromatic rings. The number of carbonyl (C=O) groups is 2. The highest BCUT2D eigenvalue weighted by atomic mass is 35.5. The quantitative estimate of drug-likeness (QED) is 0.805. The van der Waals surface area contributed by atoms with Crippen LogP contribution in [0.4, 0.5) is 10.5 Å². The lowest BCUT2D eigenvalue weighted by atomic mass is 10.2. The van der Waals surface area contributed by atoms with Crippen molar-refractivity contribution in [3.05, 3.63) is 44.9 Å². The van der Waals surface area contributed by atoms with Crippen LogP contribution in [0.5, 0.6) is 0 Å². The average Bonchev–Trinajstić information content (AvgIpc) is 2.82. The summed E-state index contributed by atoms with van der Waals surface area (Å²) in [6, 6.07) is 3.99. The first-order valence-electron chi connectivity index (χ1n) is 5.95. The molecule has 0 spiro atoms. The molecule has 1 aromatic heterocycles. The fraction of sp³-hybridized carbons (Fsp3) is 0.154. The van der Waals surface area contributed by atoms with Crippen LogP contribution < -0.4 is 10.6 Å². The minimum atomic E-state index is -1.20. The fourth-order valence-corrected chi connectivity index (χ4v) is 2.66. The predicted octanol–water partition coefficient (Wildman–Crippen LogP) is 3.12. The number of urea groups is 1. The molecule has 1 heterocycles. The van der Waals surface area contributed by atoms with Gasteiger partial charge < -0.3 is 15.7 Å². The van der Waals surface area contributed by atoms with Gasteiger partial charge in [-0.1, -0.05) is 17.7 Å². The molecule has 0 fully saturated rings. The summed E-state index contributed by atoms with van der Waals surface area (Å²) in [6.07, 6.45) is 1.68. The molecule has 1 aromatic carbocycles. The highest BCUT2D eigenvalue weighted by Crippen LogP contribution is 2.24. The first kappa shape index (κ1) is 15.3. The monoisotopic (exact) mass is 325 g/mol. The van der Waals surface area contributed by atoms with Crippen molar-refractivity contribution in [1.29, 1.82) is 0 Å². The molecule has 0 aliphatic heterocycles. The van der Waals surface area contributed by atoms with Crippen LogP contribution >= 0.6 is 22.9 Å². The summed E-state index contributed by atoms with van der Waals surface area (Å²) >= 11 is 7.30. The molecule has 2 rings (SSSR count). The van der Waals surface area contributed by atoms with Gasteiger partial charge in [0.1, 0.15) is 5.56 Å². The third kappa shape index (κ3) is 3.93. The number of hydrogen-bond donors (Lipinski definition) is 3. The maximum absolute atomic E-state index is 11.8. The van der Waals surface area contributed by atoms with E-state index in [4.69, 9.17) is 16.7 Å². The summed E-state index contributed by atoms with van der Waals surface area (Å²) in [5, 5.41) is 15.2. The normalized spacial score (nSPS) is 10.2. The molecule has 0 radical (unpaired) electrons. The zero-order chi connectivity index (χ0) is 15.4. The lowest BCUT2D eigenvalue weighted by Gasteiger charge is -2.10. The highest BCUT2D eigenvalue weighted by Gasteiger charge is 2.16. The summed E-state index contributed by atoms with van der Waals surface area (Å²) in [7, 11) is 0. The predicted molar refractivity (Wildman–Crippen MR) is 81.1 cm³/mol. The molecule has 110 valence electrons. The first-order valence-corrected chi connectivity index (χ1v) is 7.15. The van der Waals surface area contributed by atoms with E-state index in [1.165, 1.54) is 23.5 Å². The van der Waals surface area contributed by atoms with Crippen molar-refractivity contribution in [3.63, 3.8) is 0 Å². The molecule has 2 amide bonds. The molecule has 0 aliphatic carbocycles. The molecule has 0 atom stereocenters. The largest absolute Gasteiger partial charge is 0.478 e. The number of aryl methyl sites for hydroxylation is 1. The zero-order valence-corrected chi connectivity index (χ0v) is 12.6. The number of nitrogens with one attached hydrogen (secondary N) is 2. The number of aromatic nitrogens is 1. The third-order valence-electron chi connectivity index (χ3n) is 2.57. The number of amides is 2. The number of thiazole rings is 1. The van der Waals surface area contributed by atoms with Gasteiger partial charge in [0.05, 0.1) is 22.3 Å². The SMILES string of the molecule is Cc1ncc(CNC(=O)Nc2cccc(Cl)c2C(=O)O)s1. The smallest absolute Gasteiger partial charge is 0.339 e. The van der Waals surface area contributed by atoms with Crippen molar-refractivity contribution in [1.82, 2.24) is 10.3 Å². The van der Waals surface area contributed by atoms with Crippen molar-refractivity contribution in [3.8, 4) is 0 Å². The maximum atomic E-state index is 11.8. The number of carbonyl (C=O) groups excluding carboxylic acids is 1. The van der Waals surface area contributed by atoms with E-state index in [-0.39, 0.29) is 16.3 Å². The van der Waals surface area contributed by atoms with Crippen LogP contribution in [0.15, 0.2) is 24.4 Å². The van der Waals surface area contributed by atoms with Gasteiger partial charge in [0.2, 0.25) is 0 Å². The van der Waals surface area contributed by atoms with Gasteiger partial charge in [0.15, 0.2) is 0 Å². The van der Waals surface area contributed by atoms with E-state index in [0.717, 1.165) is 9.88 Å². The number of nitrogens with zero attached hydrogens (tertiary/aromatic N) is 1. The first-order chi connectivity index (χ1) is 9.97. The summed E-state index contributed by atoms with van der Waals surface area (Å²) < 4.78 is 0. The number of halogens is 1. The van der Waals surface area contributed by atoms with Gasteiger partial charge in [-0.05, 0) is 19.1 Å². The molecule has 0 aliphatic rings. The van der Waals surface area contributed by atoms with E-state index >= 15 is 0 Å². The Morgan fingerprint density at radius 2 is 2.19 bits per heavy atom. The molecule has 3 N–H and O–H groups in total. The summed E-state index contributed by atoms with van der Waals surface area (Å²) in [4.78, 5) is 27.9. The number of carboxylic acids is 1. The van der Waals surface area contributed by atoms with Crippen LogP contribution in [0.25, 0.3) is 0 Å². The van der Waals surface area contributed by atoms with Gasteiger partial charge in [-0.2, -0.15) is 0 Å². The number of rotatable bonds is 4. The van der Waals surface area contributed by atoms with Gasteiger partial charge in [-0.3, -0.25) is 0 Å². The maximum Gasteiger partial charge on any atom is 0.339 e. The molecule has 8 heteroatoms. The Balaban J connectivity index is 2.03. The van der Waals surface area contributed by atoms with Gasteiger partial charge in [0, 0.05) is 11.1 Å². The fourth-order valence-electron chi connectivity index (χ4n) is 1.67. The topological polar surface area (TPSA) is 91.3 Å². The third-order valence-corrected chi connectivity index (χ3v) is 3.80. The Hall–Kier alpha value is -2.12. The minimum absolute atomic E-state index is 0.0679. The molecule has 6 nitrogen and oxygen atoms in total. The van der Waals surface area contributed by atoms with E-state index in [2.05, 4.69) is 15.6 Å². The van der Waals surface area contributed by atoms with Gasteiger partial charge in [-0.15, -0.1) is 11.3 Å². The highest BCUT2D eigenvalue weighted by molar-refractivity contribution is 7.11.